The van der Waals surface area contributed by atoms with Gasteiger partial charge in [0.25, 0.3) is 0 Å². The van der Waals surface area contributed by atoms with Crippen molar-refractivity contribution in [2.75, 3.05) is 92.0 Å². The predicted molar refractivity (Wildman–Crippen MR) is 238 cm³/mol. The van der Waals surface area contributed by atoms with Gasteiger partial charge in [0.15, 0.2) is 30.4 Å². The number of aliphatic hydroxyl groups is 12. The van der Waals surface area contributed by atoms with E-state index in [1.54, 1.807) is 6.92 Å². The van der Waals surface area contributed by atoms with Gasteiger partial charge in [0.05, 0.1) is 72.4 Å². The van der Waals surface area contributed by atoms with Gasteiger partial charge in [-0.05, 0) is 6.42 Å². The fourth-order valence-corrected chi connectivity index (χ4v) is 7.37. The van der Waals surface area contributed by atoms with Crippen LogP contribution in [0.3, 0.4) is 0 Å². The number of aliphatic hydroxyl groups excluding tert-OH is 12. The molecule has 3 heterocycles. The molecule has 0 saturated carbocycles. The Hall–Kier alpha value is -4.07. The summed E-state index contributed by atoms with van der Waals surface area (Å²) in [5, 5.41) is 131. The van der Waals surface area contributed by atoms with Crippen LogP contribution in [-0.4, -0.2) is 291 Å². The molecule has 0 aromatic heterocycles. The largest absolute Gasteiger partial charge is 0.394 e. The van der Waals surface area contributed by atoms with Gasteiger partial charge in [0.2, 0.25) is 29.5 Å². The van der Waals surface area contributed by atoms with Crippen LogP contribution < -0.4 is 26.6 Å². The SMILES string of the molecule is CCC(=O)CNC(=O)CC[C@H](CC(=O)CNC(=O)CN(CC(=O)NCCO[C@H]1O[C@H](CO)[C@@H](O)[C@H](O)[C@@H]1O)CC(=O)NCCO[C@H]1O[C@H](CO)[C@@H](O)[C@H](O)[C@@H]1O)C(=O)NCCO[C@H]1O[C@H](CO)[C@@H](O)[C@H](O)[C@@H]1O. The molecule has 5 amide bonds. The van der Waals surface area contributed by atoms with Crippen molar-refractivity contribution in [3.05, 3.63) is 0 Å². The van der Waals surface area contributed by atoms with E-state index in [0.29, 0.717) is 0 Å². The zero-order chi connectivity index (χ0) is 54.4. The average Bonchev–Trinajstić information content (AvgIpc) is 3.36. The zero-order valence-electron chi connectivity index (χ0n) is 40.1. The van der Waals surface area contributed by atoms with Crippen molar-refractivity contribution < 1.29 is 123 Å². The first-order valence-electron chi connectivity index (χ1n) is 23.5. The summed E-state index contributed by atoms with van der Waals surface area (Å²) in [7, 11) is 0. The first-order valence-corrected chi connectivity index (χ1v) is 23.5. The summed E-state index contributed by atoms with van der Waals surface area (Å²) in [6.45, 7) is -5.11. The summed E-state index contributed by atoms with van der Waals surface area (Å²) in [5.74, 6) is -5.89. The number of amides is 5. The average molecular weight is 1060 g/mol. The Balaban J connectivity index is 1.60. The number of rotatable bonds is 32. The van der Waals surface area contributed by atoms with Crippen molar-refractivity contribution in [2.24, 2.45) is 5.92 Å². The minimum Gasteiger partial charge on any atom is -0.394 e. The van der Waals surface area contributed by atoms with E-state index in [1.165, 1.54) is 0 Å². The molecular formula is C42H72N6O25. The maximum absolute atomic E-state index is 13.3. The Morgan fingerprint density at radius 1 is 0.479 bits per heavy atom. The highest BCUT2D eigenvalue weighted by Crippen LogP contribution is 2.24. The van der Waals surface area contributed by atoms with E-state index >= 15 is 0 Å². The van der Waals surface area contributed by atoms with E-state index in [2.05, 4.69) is 26.6 Å². The molecule has 31 heteroatoms. The third-order valence-corrected chi connectivity index (χ3v) is 11.7. The second kappa shape index (κ2) is 32.4. The standard InChI is InChI=1S/C42H72N6O25/c1-2-21(52)12-46-26(54)4-3-20(39(67)45-7-10-70-42-38(66)35(63)32(60)25(19-51)73-42)11-22(53)13-47-29(57)16-48(14-27(55)43-5-8-68-40-36(64)33(61)30(58)23(17-49)71-40)15-28(56)44-6-9-69-41-37(65)34(62)31(59)24(18-50)72-41/h20,23-25,30-38,40-42,49-51,58-66H,2-19H2,1H3,(H,43,55)(H,44,56)(H,45,67)(H,46,54)(H,47,57)/t20-,23-,24-,25-,30-,31-,32-,33+,34+,35+,36+,37+,38+,40+,41+,42+/m1/s1. The molecule has 3 saturated heterocycles. The molecule has 0 spiro atoms. The highest BCUT2D eigenvalue weighted by molar-refractivity contribution is 5.91. The van der Waals surface area contributed by atoms with Crippen molar-refractivity contribution in [1.29, 1.82) is 0 Å². The molecule has 0 aliphatic carbocycles. The highest BCUT2D eigenvalue weighted by Gasteiger charge is 2.46. The van der Waals surface area contributed by atoms with Crippen molar-refractivity contribution in [3.63, 3.8) is 0 Å². The topological polar surface area (TPSA) is 481 Å². The van der Waals surface area contributed by atoms with Crippen LogP contribution in [0, 0.1) is 5.92 Å². The fourth-order valence-electron chi connectivity index (χ4n) is 7.37. The summed E-state index contributed by atoms with van der Waals surface area (Å²) in [5.41, 5.74) is 0. The summed E-state index contributed by atoms with van der Waals surface area (Å²) < 4.78 is 31.8. The molecule has 0 unspecified atom stereocenters. The lowest BCUT2D eigenvalue weighted by molar-refractivity contribution is -0.300. The molecule has 420 valence electrons. The van der Waals surface area contributed by atoms with E-state index in [-0.39, 0.29) is 71.0 Å². The van der Waals surface area contributed by atoms with E-state index in [4.69, 9.17) is 28.4 Å². The van der Waals surface area contributed by atoms with Crippen molar-refractivity contribution in [3.8, 4) is 0 Å². The van der Waals surface area contributed by atoms with Crippen LogP contribution in [0.5, 0.6) is 0 Å². The molecule has 0 aromatic carbocycles. The molecule has 0 bridgehead atoms. The van der Waals surface area contributed by atoms with E-state index < -0.39 is 186 Å². The maximum Gasteiger partial charge on any atom is 0.234 e. The second-order valence-corrected chi connectivity index (χ2v) is 17.3. The Morgan fingerprint density at radius 2 is 0.836 bits per heavy atom. The number of hydrogen-bond acceptors (Lipinski definition) is 26. The van der Waals surface area contributed by atoms with Crippen LogP contribution in [0.15, 0.2) is 0 Å². The van der Waals surface area contributed by atoms with Gasteiger partial charge in [-0.2, -0.15) is 0 Å². The predicted octanol–water partition coefficient (Wildman–Crippen LogP) is -11.3. The van der Waals surface area contributed by atoms with Crippen LogP contribution in [0.1, 0.15) is 32.6 Å². The summed E-state index contributed by atoms with van der Waals surface area (Å²) >= 11 is 0. The summed E-state index contributed by atoms with van der Waals surface area (Å²) in [4.78, 5) is 91.1. The van der Waals surface area contributed by atoms with Crippen LogP contribution in [0.2, 0.25) is 0 Å². The zero-order valence-corrected chi connectivity index (χ0v) is 40.1. The molecule has 3 rings (SSSR count). The summed E-state index contributed by atoms with van der Waals surface area (Å²) in [6, 6.07) is 0. The third kappa shape index (κ3) is 20.5. The number of ether oxygens (including phenoxy) is 6. The molecular weight excluding hydrogens is 988 g/mol. The van der Waals surface area contributed by atoms with Crippen molar-refractivity contribution >= 4 is 41.1 Å². The molecule has 3 aliphatic rings. The first-order chi connectivity index (χ1) is 34.6. The molecule has 31 nitrogen and oxygen atoms in total. The Labute approximate surface area is 418 Å². The lowest BCUT2D eigenvalue weighted by Gasteiger charge is -2.39. The van der Waals surface area contributed by atoms with E-state index in [1.807, 2.05) is 0 Å². The lowest BCUT2D eigenvalue weighted by atomic mass is 9.95. The number of ketones is 2. The van der Waals surface area contributed by atoms with E-state index in [9.17, 15) is 94.8 Å². The molecule has 0 aromatic rings. The number of nitrogens with zero attached hydrogens (tertiary/aromatic N) is 1. The Morgan fingerprint density at radius 3 is 1.22 bits per heavy atom. The van der Waals surface area contributed by atoms with Gasteiger partial charge < -0.3 is 116 Å². The number of Topliss-reactive ketones (excluding diaryl/α,β-unsaturated/α-hetero) is 2. The Bertz CT molecular complexity index is 1690. The van der Waals surface area contributed by atoms with E-state index in [0.717, 1.165) is 4.90 Å². The molecule has 3 fully saturated rings. The molecule has 16 atom stereocenters. The lowest BCUT2D eigenvalue weighted by Crippen LogP contribution is -2.59. The quantitative estimate of drug-likeness (QED) is 0.0278. The normalized spacial score (nSPS) is 30.7. The van der Waals surface area contributed by atoms with Crippen molar-refractivity contribution in [1.82, 2.24) is 31.5 Å². The number of hydrogen-bond donors (Lipinski definition) is 17. The van der Waals surface area contributed by atoms with Gasteiger partial charge in [-0.15, -0.1) is 0 Å². The van der Waals surface area contributed by atoms with Crippen LogP contribution >= 0.6 is 0 Å². The van der Waals surface area contributed by atoms with Gasteiger partial charge in [0.1, 0.15) is 73.2 Å². The second-order valence-electron chi connectivity index (χ2n) is 17.3. The smallest absolute Gasteiger partial charge is 0.234 e. The third-order valence-electron chi connectivity index (χ3n) is 11.7. The van der Waals surface area contributed by atoms with Gasteiger partial charge in [-0.3, -0.25) is 38.5 Å². The molecule has 73 heavy (non-hydrogen) atoms. The molecule has 0 radical (unpaired) electrons. The van der Waals surface area contributed by atoms with Gasteiger partial charge in [0, 0.05) is 44.8 Å². The number of nitrogens with one attached hydrogen (secondary N) is 5. The molecule has 3 aliphatic heterocycles. The highest BCUT2D eigenvalue weighted by atomic mass is 16.7. The van der Waals surface area contributed by atoms with Crippen LogP contribution in [-0.2, 0) is 62.0 Å². The number of carbonyl (C=O) groups is 7. The fraction of sp³-hybridized carbons (Fsp3) is 0.833. The molecule has 17 N–H and O–H groups in total. The first kappa shape index (κ1) is 63.2. The number of carbonyl (C=O) groups excluding carboxylic acids is 7. The minimum atomic E-state index is -1.72. The van der Waals surface area contributed by atoms with Crippen LogP contribution in [0.4, 0.5) is 0 Å². The maximum atomic E-state index is 13.3. The van der Waals surface area contributed by atoms with Crippen LogP contribution in [0.25, 0.3) is 0 Å². The van der Waals surface area contributed by atoms with Gasteiger partial charge in [-0.25, -0.2) is 0 Å². The summed E-state index contributed by atoms with van der Waals surface area (Å²) in [6.07, 6.45) is -24.3. The monoisotopic (exact) mass is 1060 g/mol. The van der Waals surface area contributed by atoms with Gasteiger partial charge >= 0.3 is 0 Å². The van der Waals surface area contributed by atoms with Crippen molar-refractivity contribution in [2.45, 2.75) is 125 Å². The van der Waals surface area contributed by atoms with Gasteiger partial charge in [-0.1, -0.05) is 6.92 Å². The Kier molecular flexibility index (Phi) is 28.1. The minimum absolute atomic E-state index is 0.161.